The fourth-order valence-electron chi connectivity index (χ4n) is 2.51. The molecule has 0 radical (unpaired) electrons. The number of nitrogens with one attached hydrogen (secondary N) is 1. The molecular weight excluding hydrogens is 265 g/mol. The highest BCUT2D eigenvalue weighted by Gasteiger charge is 2.15. The number of hydrogen-bond acceptors (Lipinski definition) is 2. The molecule has 0 saturated carbocycles. The summed E-state index contributed by atoms with van der Waals surface area (Å²) in [5, 5.41) is 3.49. The zero-order valence-electron chi connectivity index (χ0n) is 13.0. The number of hydrogen-bond donors (Lipinski definition) is 1. The zero-order valence-corrected chi connectivity index (χ0v) is 13.0. The number of methoxy groups -OCH3 is 1. The number of benzene rings is 2. The molecule has 2 aromatic rings. The quantitative estimate of drug-likeness (QED) is 0.870. The first kappa shape index (κ1) is 15.5. The van der Waals surface area contributed by atoms with Gasteiger partial charge in [0.2, 0.25) is 0 Å². The molecule has 1 unspecified atom stereocenters. The van der Waals surface area contributed by atoms with Crippen molar-refractivity contribution >= 4 is 0 Å². The van der Waals surface area contributed by atoms with Gasteiger partial charge in [0.25, 0.3) is 0 Å². The van der Waals surface area contributed by atoms with Gasteiger partial charge in [-0.2, -0.15) is 0 Å². The second kappa shape index (κ2) is 6.72. The molecule has 0 fully saturated rings. The molecule has 2 atom stereocenters. The van der Waals surface area contributed by atoms with Crippen LogP contribution in [0.2, 0.25) is 0 Å². The molecule has 0 saturated heterocycles. The summed E-state index contributed by atoms with van der Waals surface area (Å²) < 4.78 is 18.8. The highest BCUT2D eigenvalue weighted by Crippen LogP contribution is 2.28. The minimum Gasteiger partial charge on any atom is -0.496 e. The Hall–Kier alpha value is -1.87. The van der Waals surface area contributed by atoms with Crippen molar-refractivity contribution in [1.82, 2.24) is 5.32 Å². The molecule has 0 bridgehead atoms. The van der Waals surface area contributed by atoms with Gasteiger partial charge < -0.3 is 10.1 Å². The fourth-order valence-corrected chi connectivity index (χ4v) is 2.51. The lowest BCUT2D eigenvalue weighted by Gasteiger charge is -2.22. The van der Waals surface area contributed by atoms with Gasteiger partial charge in [-0.15, -0.1) is 0 Å². The van der Waals surface area contributed by atoms with E-state index in [1.54, 1.807) is 19.2 Å². The van der Waals surface area contributed by atoms with Gasteiger partial charge in [-0.25, -0.2) is 4.39 Å². The lowest BCUT2D eigenvalue weighted by molar-refractivity contribution is 0.396. The van der Waals surface area contributed by atoms with E-state index in [0.29, 0.717) is 0 Å². The van der Waals surface area contributed by atoms with Crippen LogP contribution < -0.4 is 10.1 Å². The minimum atomic E-state index is -0.207. The van der Waals surface area contributed by atoms with Crippen LogP contribution in [0.1, 0.15) is 42.6 Å². The minimum absolute atomic E-state index is 0.0571. The van der Waals surface area contributed by atoms with Gasteiger partial charge in [0.15, 0.2) is 0 Å². The highest BCUT2D eigenvalue weighted by molar-refractivity contribution is 5.39. The average molecular weight is 287 g/mol. The summed E-state index contributed by atoms with van der Waals surface area (Å²) in [6.45, 7) is 6.16. The Morgan fingerprint density at radius 1 is 1.05 bits per heavy atom. The van der Waals surface area contributed by atoms with Gasteiger partial charge in [0.1, 0.15) is 11.6 Å². The van der Waals surface area contributed by atoms with Crippen molar-refractivity contribution in [2.75, 3.05) is 7.11 Å². The maximum absolute atomic E-state index is 13.3. The van der Waals surface area contributed by atoms with Crippen molar-refractivity contribution in [1.29, 1.82) is 0 Å². The third kappa shape index (κ3) is 3.82. The molecule has 0 aliphatic carbocycles. The van der Waals surface area contributed by atoms with E-state index in [1.165, 1.54) is 11.6 Å². The molecule has 0 amide bonds. The molecule has 0 aliphatic heterocycles. The SMILES string of the molecule is COc1cc(C)ccc1C(C)N[C@H](C)c1cccc(F)c1. The van der Waals surface area contributed by atoms with E-state index in [4.69, 9.17) is 4.74 Å². The largest absolute Gasteiger partial charge is 0.496 e. The number of ether oxygens (including phenoxy) is 1. The molecule has 2 aromatic carbocycles. The maximum atomic E-state index is 13.3. The van der Waals surface area contributed by atoms with Crippen LogP contribution in [0.4, 0.5) is 4.39 Å². The van der Waals surface area contributed by atoms with Crippen LogP contribution in [0.15, 0.2) is 42.5 Å². The predicted octanol–water partition coefficient (Wildman–Crippen LogP) is 4.55. The summed E-state index contributed by atoms with van der Waals surface area (Å²) in [6.07, 6.45) is 0. The van der Waals surface area contributed by atoms with Crippen molar-refractivity contribution in [2.45, 2.75) is 32.9 Å². The molecule has 1 N–H and O–H groups in total. The molecule has 0 aliphatic rings. The van der Waals surface area contributed by atoms with Gasteiger partial charge in [0, 0.05) is 17.6 Å². The Labute approximate surface area is 126 Å². The summed E-state index contributed by atoms with van der Waals surface area (Å²) >= 11 is 0. The first-order valence-corrected chi connectivity index (χ1v) is 7.17. The summed E-state index contributed by atoms with van der Waals surface area (Å²) in [7, 11) is 1.68. The Morgan fingerprint density at radius 3 is 2.48 bits per heavy atom. The van der Waals surface area contributed by atoms with Crippen LogP contribution in [0.3, 0.4) is 0 Å². The van der Waals surface area contributed by atoms with Crippen LogP contribution in [0, 0.1) is 12.7 Å². The van der Waals surface area contributed by atoms with E-state index in [1.807, 2.05) is 26.0 Å². The number of halogens is 1. The summed E-state index contributed by atoms with van der Waals surface area (Å²) in [6, 6.07) is 13.0. The van der Waals surface area contributed by atoms with Crippen molar-refractivity contribution in [3.63, 3.8) is 0 Å². The van der Waals surface area contributed by atoms with E-state index in [2.05, 4.69) is 24.4 Å². The second-order valence-corrected chi connectivity index (χ2v) is 5.41. The zero-order chi connectivity index (χ0) is 15.4. The molecule has 3 heteroatoms. The van der Waals surface area contributed by atoms with E-state index in [9.17, 15) is 4.39 Å². The summed E-state index contributed by atoms with van der Waals surface area (Å²) in [4.78, 5) is 0. The third-order valence-electron chi connectivity index (χ3n) is 3.70. The van der Waals surface area contributed by atoms with Crippen molar-refractivity contribution < 1.29 is 9.13 Å². The van der Waals surface area contributed by atoms with Crippen molar-refractivity contribution in [3.05, 3.63) is 65.0 Å². The smallest absolute Gasteiger partial charge is 0.123 e. The molecule has 2 nitrogen and oxygen atoms in total. The van der Waals surface area contributed by atoms with Gasteiger partial charge in [-0.3, -0.25) is 0 Å². The molecule has 0 aromatic heterocycles. The maximum Gasteiger partial charge on any atom is 0.123 e. The predicted molar refractivity (Wildman–Crippen MR) is 84.1 cm³/mol. The van der Waals surface area contributed by atoms with Crippen LogP contribution in [-0.2, 0) is 0 Å². The first-order chi connectivity index (χ1) is 10.0. The summed E-state index contributed by atoms with van der Waals surface area (Å²) in [5.41, 5.74) is 3.21. The Morgan fingerprint density at radius 2 is 1.81 bits per heavy atom. The topological polar surface area (TPSA) is 21.3 Å². The Bertz CT molecular complexity index is 612. The monoisotopic (exact) mass is 287 g/mol. The Balaban J connectivity index is 2.16. The van der Waals surface area contributed by atoms with Crippen molar-refractivity contribution in [3.8, 4) is 5.75 Å². The van der Waals surface area contributed by atoms with Crippen LogP contribution in [0.25, 0.3) is 0 Å². The fraction of sp³-hybridized carbons (Fsp3) is 0.333. The molecule has 2 rings (SSSR count). The van der Waals surface area contributed by atoms with Crippen LogP contribution in [-0.4, -0.2) is 7.11 Å². The molecule has 21 heavy (non-hydrogen) atoms. The number of aryl methyl sites for hydroxylation is 1. The lowest BCUT2D eigenvalue weighted by atomic mass is 10.0. The summed E-state index contributed by atoms with van der Waals surface area (Å²) in [5.74, 6) is 0.670. The van der Waals surface area contributed by atoms with Crippen molar-refractivity contribution in [2.24, 2.45) is 0 Å². The van der Waals surface area contributed by atoms with E-state index in [-0.39, 0.29) is 17.9 Å². The van der Waals surface area contributed by atoms with Gasteiger partial charge in [-0.1, -0.05) is 24.3 Å². The third-order valence-corrected chi connectivity index (χ3v) is 3.70. The van der Waals surface area contributed by atoms with E-state index in [0.717, 1.165) is 16.9 Å². The lowest BCUT2D eigenvalue weighted by Crippen LogP contribution is -2.23. The van der Waals surface area contributed by atoms with Gasteiger partial charge in [-0.05, 0) is 50.1 Å². The average Bonchev–Trinajstić information content (AvgIpc) is 2.46. The standard InChI is InChI=1S/C18H22FNO/c1-12-8-9-17(18(10-12)21-4)14(3)20-13(2)15-6-5-7-16(19)11-15/h5-11,13-14,20H,1-4H3/t13-,14?/m1/s1. The molecule has 0 spiro atoms. The van der Waals surface area contributed by atoms with E-state index < -0.39 is 0 Å². The number of rotatable bonds is 5. The molecule has 0 heterocycles. The molecule has 112 valence electrons. The second-order valence-electron chi connectivity index (χ2n) is 5.41. The Kier molecular flexibility index (Phi) is 4.97. The van der Waals surface area contributed by atoms with Gasteiger partial charge in [0.05, 0.1) is 7.11 Å². The first-order valence-electron chi connectivity index (χ1n) is 7.17. The van der Waals surface area contributed by atoms with E-state index >= 15 is 0 Å². The highest BCUT2D eigenvalue weighted by atomic mass is 19.1. The molecular formula is C18H22FNO. The van der Waals surface area contributed by atoms with Crippen LogP contribution in [0.5, 0.6) is 5.75 Å². The van der Waals surface area contributed by atoms with Crippen LogP contribution >= 0.6 is 0 Å². The van der Waals surface area contributed by atoms with Gasteiger partial charge >= 0.3 is 0 Å². The normalized spacial score (nSPS) is 13.8.